The zero-order valence-corrected chi connectivity index (χ0v) is 10.1. The fourth-order valence-corrected chi connectivity index (χ4v) is 0.931. The molecule has 0 heterocycles. The highest BCUT2D eigenvalue weighted by Crippen LogP contribution is 1.79. The number of aliphatic hydroxyl groups excluding tert-OH is 1. The van der Waals surface area contributed by atoms with E-state index in [1.807, 2.05) is 0 Å². The van der Waals surface area contributed by atoms with Crippen molar-refractivity contribution in [3.8, 4) is 0 Å². The SMILES string of the molecule is O=C(O)COCC(=O)NCCOCCOCCO. The molecule has 0 aromatic rings. The number of carbonyl (C=O) groups is 2. The Morgan fingerprint density at radius 1 is 0.944 bits per heavy atom. The molecule has 0 aromatic carbocycles. The molecular weight excluding hydrogens is 246 g/mol. The molecule has 0 aliphatic heterocycles. The summed E-state index contributed by atoms with van der Waals surface area (Å²) in [5.74, 6) is -1.51. The number of carbonyl (C=O) groups excluding carboxylic acids is 1. The number of nitrogens with one attached hydrogen (secondary N) is 1. The molecule has 0 radical (unpaired) electrons. The van der Waals surface area contributed by atoms with Crippen molar-refractivity contribution in [3.63, 3.8) is 0 Å². The van der Waals surface area contributed by atoms with E-state index in [0.717, 1.165) is 0 Å². The maximum absolute atomic E-state index is 11.1. The molecule has 0 aliphatic rings. The lowest BCUT2D eigenvalue weighted by Gasteiger charge is -2.06. The van der Waals surface area contributed by atoms with Gasteiger partial charge in [0.25, 0.3) is 0 Å². The fourth-order valence-electron chi connectivity index (χ4n) is 0.931. The van der Waals surface area contributed by atoms with Crippen LogP contribution in [0.4, 0.5) is 0 Å². The first-order valence-corrected chi connectivity index (χ1v) is 5.49. The van der Waals surface area contributed by atoms with Crippen LogP contribution in [0.25, 0.3) is 0 Å². The summed E-state index contributed by atoms with van der Waals surface area (Å²) in [6.45, 7) is 0.884. The average molecular weight is 265 g/mol. The summed E-state index contributed by atoms with van der Waals surface area (Å²) in [5.41, 5.74) is 0. The molecule has 0 atom stereocenters. The first-order valence-electron chi connectivity index (χ1n) is 5.49. The lowest BCUT2D eigenvalue weighted by molar-refractivity contribution is -0.143. The van der Waals surface area contributed by atoms with Gasteiger partial charge in [0, 0.05) is 6.54 Å². The molecule has 8 heteroatoms. The molecule has 0 spiro atoms. The minimum atomic E-state index is -1.12. The number of hydrogen-bond donors (Lipinski definition) is 3. The Bertz CT molecular complexity index is 234. The maximum atomic E-state index is 11.1. The molecule has 0 rings (SSSR count). The topological polar surface area (TPSA) is 114 Å². The lowest BCUT2D eigenvalue weighted by Crippen LogP contribution is -2.31. The molecule has 0 fully saturated rings. The molecule has 0 unspecified atom stereocenters. The van der Waals surface area contributed by atoms with Gasteiger partial charge in [0.05, 0.1) is 33.0 Å². The van der Waals surface area contributed by atoms with Crippen molar-refractivity contribution in [1.29, 1.82) is 0 Å². The van der Waals surface area contributed by atoms with Gasteiger partial charge in [-0.15, -0.1) is 0 Å². The van der Waals surface area contributed by atoms with Crippen LogP contribution >= 0.6 is 0 Å². The second kappa shape index (κ2) is 12.2. The summed E-state index contributed by atoms with van der Waals surface area (Å²) in [5, 5.41) is 19.2. The number of aliphatic hydroxyl groups is 1. The largest absolute Gasteiger partial charge is 0.480 e. The van der Waals surface area contributed by atoms with E-state index in [1.165, 1.54) is 0 Å². The van der Waals surface area contributed by atoms with E-state index in [9.17, 15) is 9.59 Å². The molecule has 0 aromatic heterocycles. The van der Waals surface area contributed by atoms with Gasteiger partial charge in [0.15, 0.2) is 0 Å². The second-order valence-corrected chi connectivity index (χ2v) is 3.18. The Morgan fingerprint density at radius 2 is 1.61 bits per heavy atom. The predicted molar refractivity (Wildman–Crippen MR) is 60.2 cm³/mol. The van der Waals surface area contributed by atoms with Gasteiger partial charge in [-0.25, -0.2) is 4.79 Å². The van der Waals surface area contributed by atoms with Gasteiger partial charge in [-0.05, 0) is 0 Å². The van der Waals surface area contributed by atoms with E-state index < -0.39 is 18.5 Å². The third-order valence-electron chi connectivity index (χ3n) is 1.63. The molecular formula is C10H19NO7. The quantitative estimate of drug-likeness (QED) is 0.358. The predicted octanol–water partition coefficient (Wildman–Crippen LogP) is -1.77. The van der Waals surface area contributed by atoms with Crippen LogP contribution in [0.2, 0.25) is 0 Å². The highest BCUT2D eigenvalue weighted by molar-refractivity contribution is 5.77. The summed E-state index contributed by atoms with van der Waals surface area (Å²) in [7, 11) is 0. The van der Waals surface area contributed by atoms with Crippen LogP contribution < -0.4 is 5.32 Å². The van der Waals surface area contributed by atoms with E-state index in [4.69, 9.17) is 19.7 Å². The number of carboxylic acid groups (broad SMARTS) is 1. The zero-order valence-electron chi connectivity index (χ0n) is 10.1. The minimum absolute atomic E-state index is 0.0214. The molecule has 1 amide bonds. The molecule has 8 nitrogen and oxygen atoms in total. The number of carboxylic acids is 1. The number of rotatable bonds is 12. The molecule has 0 bridgehead atoms. The minimum Gasteiger partial charge on any atom is -0.480 e. The molecule has 3 N–H and O–H groups in total. The summed E-state index contributed by atoms with van der Waals surface area (Å²) in [4.78, 5) is 21.1. The first kappa shape index (κ1) is 16.8. The monoisotopic (exact) mass is 265 g/mol. The van der Waals surface area contributed by atoms with Gasteiger partial charge in [-0.2, -0.15) is 0 Å². The van der Waals surface area contributed by atoms with Gasteiger partial charge in [-0.3, -0.25) is 4.79 Å². The van der Waals surface area contributed by atoms with E-state index >= 15 is 0 Å². The van der Waals surface area contributed by atoms with Crippen LogP contribution in [0.3, 0.4) is 0 Å². The van der Waals surface area contributed by atoms with Crippen molar-refractivity contribution >= 4 is 11.9 Å². The highest BCUT2D eigenvalue weighted by atomic mass is 16.5. The molecule has 0 saturated heterocycles. The summed E-state index contributed by atoms with van der Waals surface area (Å²) >= 11 is 0. The normalized spacial score (nSPS) is 10.3. The Hall–Kier alpha value is -1.22. The van der Waals surface area contributed by atoms with Crippen molar-refractivity contribution in [2.75, 3.05) is 52.8 Å². The fraction of sp³-hybridized carbons (Fsp3) is 0.800. The number of amides is 1. The lowest BCUT2D eigenvalue weighted by atomic mass is 10.6. The summed E-state index contributed by atoms with van der Waals surface area (Å²) < 4.78 is 14.6. The summed E-state index contributed by atoms with van der Waals surface area (Å²) in [6, 6.07) is 0. The van der Waals surface area contributed by atoms with E-state index in [2.05, 4.69) is 10.1 Å². The van der Waals surface area contributed by atoms with Gasteiger partial charge < -0.3 is 29.7 Å². The number of ether oxygens (including phenoxy) is 3. The van der Waals surface area contributed by atoms with Crippen LogP contribution in [0.5, 0.6) is 0 Å². The Labute approximate surface area is 105 Å². The van der Waals surface area contributed by atoms with Crippen LogP contribution in [0, 0.1) is 0 Å². The van der Waals surface area contributed by atoms with Crippen molar-refractivity contribution in [3.05, 3.63) is 0 Å². The van der Waals surface area contributed by atoms with Crippen molar-refractivity contribution in [2.45, 2.75) is 0 Å². The first-order chi connectivity index (χ1) is 8.66. The van der Waals surface area contributed by atoms with Crippen LogP contribution in [0.15, 0.2) is 0 Å². The van der Waals surface area contributed by atoms with Crippen LogP contribution in [-0.4, -0.2) is 74.9 Å². The Morgan fingerprint density at radius 3 is 2.22 bits per heavy atom. The molecule has 0 saturated carbocycles. The third-order valence-corrected chi connectivity index (χ3v) is 1.63. The maximum Gasteiger partial charge on any atom is 0.329 e. The van der Waals surface area contributed by atoms with Gasteiger partial charge in [0.2, 0.25) is 5.91 Å². The number of hydrogen-bond acceptors (Lipinski definition) is 6. The van der Waals surface area contributed by atoms with Crippen molar-refractivity contribution in [1.82, 2.24) is 5.32 Å². The average Bonchev–Trinajstić information content (AvgIpc) is 2.32. The van der Waals surface area contributed by atoms with Crippen LogP contribution in [0.1, 0.15) is 0 Å². The van der Waals surface area contributed by atoms with Gasteiger partial charge in [-0.1, -0.05) is 0 Å². The molecule has 0 aliphatic carbocycles. The Kier molecular flexibility index (Phi) is 11.4. The third kappa shape index (κ3) is 12.8. The van der Waals surface area contributed by atoms with Crippen molar-refractivity contribution in [2.24, 2.45) is 0 Å². The Balaban J connectivity index is 3.17. The van der Waals surface area contributed by atoms with Gasteiger partial charge >= 0.3 is 5.97 Å². The molecule has 106 valence electrons. The molecule has 18 heavy (non-hydrogen) atoms. The van der Waals surface area contributed by atoms with Crippen molar-refractivity contribution < 1.29 is 34.0 Å². The van der Waals surface area contributed by atoms with Gasteiger partial charge in [0.1, 0.15) is 13.2 Å². The van der Waals surface area contributed by atoms with Crippen LogP contribution in [-0.2, 0) is 23.8 Å². The van der Waals surface area contributed by atoms with E-state index in [1.54, 1.807) is 0 Å². The smallest absolute Gasteiger partial charge is 0.329 e. The zero-order chi connectivity index (χ0) is 13.6. The summed E-state index contributed by atoms with van der Waals surface area (Å²) in [6.07, 6.45) is 0. The second-order valence-electron chi connectivity index (χ2n) is 3.18. The number of aliphatic carboxylic acids is 1. The standard InChI is InChI=1S/C10H19NO7/c12-2-4-17-6-5-16-3-1-11-9(13)7-18-8-10(14)15/h12H,1-8H2,(H,11,13)(H,14,15). The highest BCUT2D eigenvalue weighted by Gasteiger charge is 2.02. The van der Waals surface area contributed by atoms with E-state index in [0.29, 0.717) is 26.4 Å². The van der Waals surface area contributed by atoms with E-state index in [-0.39, 0.29) is 19.8 Å².